The van der Waals surface area contributed by atoms with Gasteiger partial charge in [-0.25, -0.2) is 9.59 Å². The number of hydrogen-bond donors (Lipinski definition) is 3. The van der Waals surface area contributed by atoms with Crippen molar-refractivity contribution in [2.24, 2.45) is 0 Å². The van der Waals surface area contributed by atoms with E-state index < -0.39 is 46.0 Å². The first-order valence-corrected chi connectivity index (χ1v) is 42.9. The molecule has 11 aromatic rings. The molecule has 6 aliphatic heterocycles. The zero-order valence-electron chi connectivity index (χ0n) is 72.2. The number of nitrogens with one attached hydrogen (secondary N) is 1. The second-order valence-corrected chi connectivity index (χ2v) is 31.1. The van der Waals surface area contributed by atoms with Gasteiger partial charge in [-0.05, 0) is 72.0 Å². The van der Waals surface area contributed by atoms with Crippen molar-refractivity contribution in [1.29, 1.82) is 0 Å². The molecule has 30 nitrogen and oxygen atoms in total. The molecule has 17 rings (SSSR count). The Morgan fingerprint density at radius 3 is 1.31 bits per heavy atom. The van der Waals surface area contributed by atoms with Gasteiger partial charge < -0.3 is 80.8 Å². The van der Waals surface area contributed by atoms with Gasteiger partial charge in [-0.3, -0.25) is 53.5 Å². The quantitative estimate of drug-likeness (QED) is 0.0257. The maximum absolute atomic E-state index is 13.9. The molecule has 30 heteroatoms. The van der Waals surface area contributed by atoms with Crippen LogP contribution in [0.1, 0.15) is 157 Å². The SMILES string of the molecule is CCCCOc1c(C(=O)O)occc1=O.CCCCOc1c2n(ccc1=O)CC1NCCCN1C2=O.COC(=O)c1c(OCc2ccccc2)c(=O)ccn1CC(OC)OC.O=C1c2c(O)c(=O)ccn2CC2N1CCCN2C(c1ccccc1)c1ccccc1.O=C1c2c(OCc3ccccc3)c(=O)ccn2CC2N1CCCN2C(c1ccccc1)c1ccccc1. The molecule has 668 valence electrons. The number of rotatable bonds is 26. The number of hydrogen-bond acceptors (Lipinski definition) is 22. The van der Waals surface area contributed by atoms with E-state index in [-0.39, 0.29) is 113 Å². The normalized spacial score (nSPS) is 16.1. The smallest absolute Gasteiger partial charge is 0.375 e. The molecule has 128 heavy (non-hydrogen) atoms. The van der Waals surface area contributed by atoms with Crippen molar-refractivity contribution in [2.45, 2.75) is 135 Å². The van der Waals surface area contributed by atoms with E-state index in [0.717, 1.165) is 94.6 Å². The minimum Gasteiger partial charge on any atom is -0.503 e. The summed E-state index contributed by atoms with van der Waals surface area (Å²) in [5, 5.41) is 22.3. The van der Waals surface area contributed by atoms with Crippen LogP contribution in [0.2, 0.25) is 0 Å². The maximum atomic E-state index is 13.9. The van der Waals surface area contributed by atoms with Crippen molar-refractivity contribution < 1.29 is 71.8 Å². The summed E-state index contributed by atoms with van der Waals surface area (Å²) in [6, 6.07) is 67.4. The molecule has 3 unspecified atom stereocenters. The largest absolute Gasteiger partial charge is 0.503 e. The number of ether oxygens (including phenoxy) is 7. The predicted octanol–water partition coefficient (Wildman–Crippen LogP) is 11.7. The van der Waals surface area contributed by atoms with E-state index in [1.807, 2.05) is 135 Å². The molecule has 5 aromatic heterocycles. The third-order valence-corrected chi connectivity index (χ3v) is 22.8. The highest BCUT2D eigenvalue weighted by Crippen LogP contribution is 2.40. The lowest BCUT2D eigenvalue weighted by molar-refractivity contribution is -0.111. The topological polar surface area (TPSA) is 337 Å². The second kappa shape index (κ2) is 44.4. The third-order valence-electron chi connectivity index (χ3n) is 22.8. The van der Waals surface area contributed by atoms with Gasteiger partial charge in [0.05, 0.1) is 64.8 Å². The zero-order valence-corrected chi connectivity index (χ0v) is 72.2. The average Bonchev–Trinajstić information content (AvgIpc) is 0.759. The monoisotopic (exact) mass is 1740 g/mol. The van der Waals surface area contributed by atoms with Crippen LogP contribution < -0.4 is 51.4 Å². The van der Waals surface area contributed by atoms with E-state index in [4.69, 9.17) is 42.7 Å². The van der Waals surface area contributed by atoms with Gasteiger partial charge in [0.2, 0.25) is 32.9 Å². The molecular formula is C98H106N10O20. The number of benzene rings is 6. The van der Waals surface area contributed by atoms with Crippen LogP contribution in [0.25, 0.3) is 0 Å². The van der Waals surface area contributed by atoms with E-state index in [0.29, 0.717) is 57.3 Å². The summed E-state index contributed by atoms with van der Waals surface area (Å²) in [4.78, 5) is 133. The number of aromatic hydroxyl groups is 1. The first kappa shape index (κ1) is 91.9. The molecule has 3 atom stereocenters. The molecule has 3 amide bonds. The fraction of sp³-hybridized carbons (Fsp3) is 0.327. The number of carboxylic acids is 1. The molecule has 3 N–H and O–H groups in total. The van der Waals surface area contributed by atoms with Crippen molar-refractivity contribution in [1.82, 2.24) is 48.1 Å². The number of fused-ring (bicyclic) bond motifs is 6. The van der Waals surface area contributed by atoms with Gasteiger partial charge in [0.1, 0.15) is 31.7 Å². The number of unbranched alkanes of at least 4 members (excludes halogenated alkanes) is 2. The zero-order chi connectivity index (χ0) is 90.2. The van der Waals surface area contributed by atoms with Gasteiger partial charge in [-0.2, -0.15) is 0 Å². The van der Waals surface area contributed by atoms with E-state index >= 15 is 0 Å². The lowest BCUT2D eigenvalue weighted by Crippen LogP contribution is -2.61. The fourth-order valence-corrected chi connectivity index (χ4v) is 16.5. The van der Waals surface area contributed by atoms with Crippen molar-refractivity contribution in [3.63, 3.8) is 0 Å². The summed E-state index contributed by atoms with van der Waals surface area (Å²) in [6.45, 7) is 11.8. The number of amides is 3. The van der Waals surface area contributed by atoms with Gasteiger partial charge in [0, 0.05) is 102 Å². The number of carbonyl (C=O) groups excluding carboxylic acids is 4. The highest BCUT2D eigenvalue weighted by atomic mass is 16.7. The molecule has 11 heterocycles. The van der Waals surface area contributed by atoms with Crippen LogP contribution in [0.4, 0.5) is 0 Å². The highest BCUT2D eigenvalue weighted by molar-refractivity contribution is 5.98. The van der Waals surface area contributed by atoms with Crippen molar-refractivity contribution >= 4 is 29.7 Å². The molecule has 0 spiro atoms. The van der Waals surface area contributed by atoms with Crippen molar-refractivity contribution in [3.8, 4) is 28.7 Å². The molecule has 0 bridgehead atoms. The van der Waals surface area contributed by atoms with Crippen molar-refractivity contribution in [2.75, 3.05) is 73.8 Å². The number of nitrogens with zero attached hydrogens (tertiary/aromatic N) is 9. The molecule has 6 aromatic carbocycles. The van der Waals surface area contributed by atoms with Crippen LogP contribution in [0, 0.1) is 0 Å². The minimum absolute atomic E-state index is 0.00234. The molecule has 0 aliphatic carbocycles. The fourth-order valence-electron chi connectivity index (χ4n) is 16.5. The van der Waals surface area contributed by atoms with E-state index in [2.05, 4.69) is 94.8 Å². The number of carbonyl (C=O) groups is 5. The summed E-state index contributed by atoms with van der Waals surface area (Å²) in [6.07, 6.45) is 12.8. The van der Waals surface area contributed by atoms with Gasteiger partial charge in [0.25, 0.3) is 23.5 Å². The van der Waals surface area contributed by atoms with Gasteiger partial charge in [-0.15, -0.1) is 0 Å². The Labute approximate surface area is 739 Å². The van der Waals surface area contributed by atoms with E-state index in [9.17, 15) is 53.1 Å². The summed E-state index contributed by atoms with van der Waals surface area (Å²) in [5.74, 6) is -3.38. The van der Waals surface area contributed by atoms with Crippen LogP contribution >= 0.6 is 0 Å². The number of aromatic carboxylic acids is 1. The Bertz CT molecular complexity index is 5840. The van der Waals surface area contributed by atoms with Crippen LogP contribution in [0.3, 0.4) is 0 Å². The Balaban J connectivity index is 0.000000141. The molecule has 0 radical (unpaired) electrons. The Hall–Kier alpha value is -13.8. The van der Waals surface area contributed by atoms with E-state index in [1.165, 1.54) is 78.6 Å². The lowest BCUT2D eigenvalue weighted by atomic mass is 9.94. The molecule has 0 saturated carbocycles. The number of carboxylic acid groups (broad SMARTS) is 1. The van der Waals surface area contributed by atoms with E-state index in [1.54, 1.807) is 28.1 Å². The Kier molecular flexibility index (Phi) is 31.9. The van der Waals surface area contributed by atoms with Gasteiger partial charge in [-0.1, -0.05) is 209 Å². The molecular weight excluding hydrogens is 1640 g/mol. The van der Waals surface area contributed by atoms with Gasteiger partial charge in [0.15, 0.2) is 52.1 Å². The highest BCUT2D eigenvalue weighted by Gasteiger charge is 2.46. The van der Waals surface area contributed by atoms with Crippen LogP contribution in [-0.2, 0) is 53.6 Å². The molecule has 3 saturated heterocycles. The standard InChI is InChI=1S/C31H29N3O3.C24H23N3O3.C18H21NO6.C15H21N3O3.C10H12O5/c35-26-17-20-32-21-27-33(28(24-13-6-2-7-14-24)25-15-8-3-9-16-25)18-10-19-34(27)31(36)29(32)30(26)37-22-23-11-4-1-5-12-23;28-19-12-15-25-16-20-26(13-7-14-27(20)24(30)22(25)23(19)29)21(17-8-3-1-4-9-17)18-10-5-2-6-11-18;1-22-15(23-2)11-19-10-9-14(20)17(16(19)18(21)24-3)25-12-13-7-5-4-6-8-13;1-2-3-9-21-14-11(19)5-8-17-10-12-16-6-4-7-18(12)15(20)13(14)17;1-2-3-5-14-8-7(11)4-6-15-9(8)10(12)13/h1-9,11-17,20,27-28H,10,18-19,21-22H2;1-6,8-12,15,20-21,29H,7,13-14,16H2;4-10,15H,11-12H2,1-3H3;5,8,12,16H,2-4,6-7,9-10H2,1H3;4,6H,2-3,5H2,1H3,(H,12,13). The number of aromatic nitrogens is 4. The first-order chi connectivity index (χ1) is 62.3. The number of pyridine rings is 4. The minimum atomic E-state index is -1.31. The Morgan fingerprint density at radius 1 is 0.445 bits per heavy atom. The lowest BCUT2D eigenvalue weighted by Gasteiger charge is -2.50. The van der Waals surface area contributed by atoms with Crippen LogP contribution in [0.5, 0.6) is 28.7 Å². The summed E-state index contributed by atoms with van der Waals surface area (Å²) < 4.78 is 49.2. The first-order valence-electron chi connectivity index (χ1n) is 42.9. The third kappa shape index (κ3) is 21.6. The Morgan fingerprint density at radius 2 is 0.844 bits per heavy atom. The number of esters is 1. The van der Waals surface area contributed by atoms with Crippen LogP contribution in [0.15, 0.2) is 272 Å². The van der Waals surface area contributed by atoms with Gasteiger partial charge >= 0.3 is 11.9 Å². The maximum Gasteiger partial charge on any atom is 0.375 e. The molecule has 6 aliphatic rings. The average molecular weight is 1740 g/mol. The summed E-state index contributed by atoms with van der Waals surface area (Å²) >= 11 is 0. The second-order valence-electron chi connectivity index (χ2n) is 31.1. The predicted molar refractivity (Wildman–Crippen MR) is 477 cm³/mol. The summed E-state index contributed by atoms with van der Waals surface area (Å²) in [5.41, 5.74) is 5.53. The van der Waals surface area contributed by atoms with Crippen LogP contribution in [-0.4, -0.2) is 181 Å². The summed E-state index contributed by atoms with van der Waals surface area (Å²) in [7, 11) is 4.22. The van der Waals surface area contributed by atoms with Crippen molar-refractivity contribution in [3.05, 3.63) is 356 Å². The molecule has 3 fully saturated rings. The number of methoxy groups -OCH3 is 3.